The van der Waals surface area contributed by atoms with Gasteiger partial charge in [-0.3, -0.25) is 4.79 Å². The Bertz CT molecular complexity index is 667. The van der Waals surface area contributed by atoms with E-state index in [1.807, 2.05) is 55.5 Å². The van der Waals surface area contributed by atoms with Crippen LogP contribution in [0, 0.1) is 6.92 Å². The number of aliphatic imine (C=N–C) groups is 1. The van der Waals surface area contributed by atoms with Gasteiger partial charge in [0.05, 0.1) is 5.55 Å². The Morgan fingerprint density at radius 3 is 2.55 bits per heavy atom. The van der Waals surface area contributed by atoms with Crippen LogP contribution in [0.25, 0.3) is 0 Å². The Labute approximate surface area is 121 Å². The third-order valence-corrected chi connectivity index (χ3v) is 4.06. The molecule has 0 aliphatic carbocycles. The highest BCUT2D eigenvalue weighted by molar-refractivity contribution is 8.13. The number of carbonyl (C=O) groups is 1. The lowest BCUT2D eigenvalue weighted by atomic mass is 10.0. The number of nitrogens with zero attached hydrogens (tertiary/aromatic N) is 1. The zero-order chi connectivity index (χ0) is 13.9. The van der Waals surface area contributed by atoms with Crippen LogP contribution in [0.3, 0.4) is 0 Å². The predicted molar refractivity (Wildman–Crippen MR) is 81.5 cm³/mol. The molecule has 0 N–H and O–H groups in total. The molecule has 0 aromatic heterocycles. The summed E-state index contributed by atoms with van der Waals surface area (Å²) in [5.41, 5.74) is 3.65. The molecule has 0 spiro atoms. The van der Waals surface area contributed by atoms with Crippen LogP contribution < -0.4 is 4.74 Å². The predicted octanol–water partition coefficient (Wildman–Crippen LogP) is 4.13. The second-order valence-electron chi connectivity index (χ2n) is 4.52. The summed E-state index contributed by atoms with van der Waals surface area (Å²) in [4.78, 5) is 15.4. The number of aryl methyl sites for hydroxylation is 1. The summed E-state index contributed by atoms with van der Waals surface area (Å²) in [6, 6.07) is 15.4. The Balaban J connectivity index is 1.83. The number of hydrogen-bond donors (Lipinski definition) is 0. The fraction of sp³-hybridized carbons (Fsp3) is 0.125. The van der Waals surface area contributed by atoms with Gasteiger partial charge in [-0.05, 0) is 42.3 Å². The molecular formula is C16H13NO2S. The van der Waals surface area contributed by atoms with Gasteiger partial charge in [0.15, 0.2) is 0 Å². The normalized spacial score (nSPS) is 17.4. The zero-order valence-electron chi connectivity index (χ0n) is 10.9. The fourth-order valence-corrected chi connectivity index (χ4v) is 2.98. The van der Waals surface area contributed by atoms with Crippen molar-refractivity contribution in [3.05, 3.63) is 59.7 Å². The summed E-state index contributed by atoms with van der Waals surface area (Å²) in [5, 5.41) is -0.208. The standard InChI is InChI=1S/C16H13NO2S/c1-11-9-13(19-12-5-3-2-4-6-12)7-8-14(11)15-16(18)17-10-20-15/h2-10,15H,1H3. The van der Waals surface area contributed by atoms with Crippen LogP contribution in [0.5, 0.6) is 11.5 Å². The SMILES string of the molecule is Cc1cc(Oc2ccccc2)ccc1C1SC=NC1=O. The molecule has 3 rings (SSSR count). The fourth-order valence-electron chi connectivity index (χ4n) is 2.11. The lowest BCUT2D eigenvalue weighted by molar-refractivity contribution is -0.117. The Hall–Kier alpha value is -2.07. The summed E-state index contributed by atoms with van der Waals surface area (Å²) in [7, 11) is 0. The maximum absolute atomic E-state index is 11.7. The van der Waals surface area contributed by atoms with E-state index >= 15 is 0 Å². The lowest BCUT2D eigenvalue weighted by Crippen LogP contribution is -2.03. The molecule has 3 nitrogen and oxygen atoms in total. The molecule has 1 atom stereocenters. The van der Waals surface area contributed by atoms with Crippen molar-refractivity contribution in [1.29, 1.82) is 0 Å². The van der Waals surface area contributed by atoms with Gasteiger partial charge in [0.2, 0.25) is 0 Å². The van der Waals surface area contributed by atoms with Gasteiger partial charge in [0.1, 0.15) is 16.7 Å². The van der Waals surface area contributed by atoms with Crippen LogP contribution >= 0.6 is 11.8 Å². The summed E-state index contributed by atoms with van der Waals surface area (Å²) in [6.07, 6.45) is 0. The van der Waals surface area contributed by atoms with Crippen LogP contribution in [-0.4, -0.2) is 11.5 Å². The van der Waals surface area contributed by atoms with E-state index in [2.05, 4.69) is 4.99 Å². The van der Waals surface area contributed by atoms with Crippen molar-refractivity contribution in [3.63, 3.8) is 0 Å². The van der Waals surface area contributed by atoms with Crippen LogP contribution in [0.1, 0.15) is 16.4 Å². The van der Waals surface area contributed by atoms with E-state index in [1.165, 1.54) is 11.8 Å². The smallest absolute Gasteiger partial charge is 0.264 e. The molecule has 20 heavy (non-hydrogen) atoms. The third kappa shape index (κ3) is 2.60. The molecule has 0 saturated carbocycles. The van der Waals surface area contributed by atoms with Crippen molar-refractivity contribution in [3.8, 4) is 11.5 Å². The molecule has 0 radical (unpaired) electrons. The molecule has 1 amide bonds. The molecule has 0 bridgehead atoms. The van der Waals surface area contributed by atoms with Gasteiger partial charge < -0.3 is 4.74 Å². The number of amides is 1. The molecular weight excluding hydrogens is 270 g/mol. The number of rotatable bonds is 3. The third-order valence-electron chi connectivity index (χ3n) is 3.10. The number of para-hydroxylation sites is 1. The summed E-state index contributed by atoms with van der Waals surface area (Å²) in [6.45, 7) is 1.99. The maximum Gasteiger partial charge on any atom is 0.264 e. The molecule has 2 aromatic rings. The molecule has 4 heteroatoms. The van der Waals surface area contributed by atoms with E-state index in [9.17, 15) is 4.79 Å². The Morgan fingerprint density at radius 1 is 1.10 bits per heavy atom. The van der Waals surface area contributed by atoms with Crippen molar-refractivity contribution in [2.45, 2.75) is 12.2 Å². The van der Waals surface area contributed by atoms with Crippen molar-refractivity contribution in [2.75, 3.05) is 0 Å². The monoisotopic (exact) mass is 283 g/mol. The van der Waals surface area contributed by atoms with E-state index < -0.39 is 0 Å². The van der Waals surface area contributed by atoms with Crippen LogP contribution in [0.4, 0.5) is 0 Å². The van der Waals surface area contributed by atoms with Gasteiger partial charge in [-0.1, -0.05) is 36.0 Å². The van der Waals surface area contributed by atoms with Crippen molar-refractivity contribution < 1.29 is 9.53 Å². The number of carbonyl (C=O) groups excluding carboxylic acids is 1. The first kappa shape index (κ1) is 12.9. The summed E-state index contributed by atoms with van der Waals surface area (Å²) < 4.78 is 5.78. The highest BCUT2D eigenvalue weighted by atomic mass is 32.2. The highest BCUT2D eigenvalue weighted by Crippen LogP contribution is 2.36. The van der Waals surface area contributed by atoms with E-state index in [0.717, 1.165) is 22.6 Å². The molecule has 1 heterocycles. The first-order valence-electron chi connectivity index (χ1n) is 6.29. The van der Waals surface area contributed by atoms with Crippen LogP contribution in [0.15, 0.2) is 53.5 Å². The van der Waals surface area contributed by atoms with E-state index in [4.69, 9.17) is 4.74 Å². The minimum absolute atomic E-state index is 0.0881. The van der Waals surface area contributed by atoms with Crippen molar-refractivity contribution in [1.82, 2.24) is 0 Å². The summed E-state index contributed by atoms with van der Waals surface area (Å²) >= 11 is 1.45. The summed E-state index contributed by atoms with van der Waals surface area (Å²) in [5.74, 6) is 1.48. The van der Waals surface area contributed by atoms with E-state index in [-0.39, 0.29) is 11.2 Å². The van der Waals surface area contributed by atoms with Gasteiger partial charge in [-0.25, -0.2) is 4.99 Å². The van der Waals surface area contributed by atoms with Gasteiger partial charge in [0.25, 0.3) is 5.91 Å². The molecule has 0 fully saturated rings. The molecule has 0 saturated heterocycles. The number of thioether (sulfide) groups is 1. The molecule has 2 aromatic carbocycles. The molecule has 100 valence electrons. The molecule has 1 aliphatic heterocycles. The minimum atomic E-state index is -0.208. The van der Waals surface area contributed by atoms with E-state index in [1.54, 1.807) is 5.55 Å². The first-order chi connectivity index (χ1) is 9.74. The minimum Gasteiger partial charge on any atom is -0.457 e. The second kappa shape index (κ2) is 5.51. The maximum atomic E-state index is 11.7. The second-order valence-corrected chi connectivity index (χ2v) is 5.48. The highest BCUT2D eigenvalue weighted by Gasteiger charge is 2.25. The number of ether oxygens (including phenoxy) is 1. The van der Waals surface area contributed by atoms with Crippen molar-refractivity contribution >= 4 is 23.2 Å². The Morgan fingerprint density at radius 2 is 1.90 bits per heavy atom. The average molecular weight is 283 g/mol. The van der Waals surface area contributed by atoms with Crippen molar-refractivity contribution in [2.24, 2.45) is 4.99 Å². The quantitative estimate of drug-likeness (QED) is 0.850. The van der Waals surface area contributed by atoms with Gasteiger partial charge in [-0.15, -0.1) is 0 Å². The van der Waals surface area contributed by atoms with E-state index in [0.29, 0.717) is 0 Å². The molecule has 1 unspecified atom stereocenters. The lowest BCUT2D eigenvalue weighted by Gasteiger charge is -2.12. The van der Waals surface area contributed by atoms with Gasteiger partial charge in [-0.2, -0.15) is 0 Å². The number of hydrogen-bond acceptors (Lipinski definition) is 3. The largest absolute Gasteiger partial charge is 0.457 e. The Kier molecular flexibility index (Phi) is 3.56. The number of benzene rings is 2. The average Bonchev–Trinajstić information content (AvgIpc) is 2.86. The van der Waals surface area contributed by atoms with Crippen LogP contribution in [0.2, 0.25) is 0 Å². The van der Waals surface area contributed by atoms with Crippen LogP contribution in [-0.2, 0) is 4.79 Å². The van der Waals surface area contributed by atoms with Gasteiger partial charge in [0, 0.05) is 0 Å². The molecule has 1 aliphatic rings. The first-order valence-corrected chi connectivity index (χ1v) is 7.23. The topological polar surface area (TPSA) is 38.7 Å². The zero-order valence-corrected chi connectivity index (χ0v) is 11.8. The van der Waals surface area contributed by atoms with Gasteiger partial charge >= 0.3 is 0 Å².